The average molecular weight is 635 g/mol. The number of aryl methyl sites for hydroxylation is 1. The van der Waals surface area contributed by atoms with Gasteiger partial charge in [0.15, 0.2) is 0 Å². The van der Waals surface area contributed by atoms with Crippen LogP contribution in [0.5, 0.6) is 0 Å². The predicted molar refractivity (Wildman–Crippen MR) is 174 cm³/mol. The van der Waals surface area contributed by atoms with Gasteiger partial charge in [-0.1, -0.05) is 30.3 Å². The summed E-state index contributed by atoms with van der Waals surface area (Å²) in [4.78, 5) is 55.7. The van der Waals surface area contributed by atoms with E-state index in [1.165, 1.54) is 48.5 Å². The topological polar surface area (TPSA) is 167 Å². The van der Waals surface area contributed by atoms with Crippen LogP contribution in [0, 0.1) is 34.1 Å². The number of esters is 2. The first-order valence-corrected chi connectivity index (χ1v) is 14.5. The number of carbonyl (C=O) groups is 2. The predicted octanol–water partition coefficient (Wildman–Crippen LogP) is 7.10. The highest BCUT2D eigenvalue weighted by atomic mass is 16.6. The molecule has 47 heavy (non-hydrogen) atoms. The Bertz CT molecular complexity index is 1990. The summed E-state index contributed by atoms with van der Waals surface area (Å²) in [7, 11) is 0. The van der Waals surface area contributed by atoms with E-state index >= 15 is 0 Å². The Balaban J connectivity index is 1.46. The van der Waals surface area contributed by atoms with Crippen LogP contribution in [-0.2, 0) is 27.5 Å². The van der Waals surface area contributed by atoms with E-state index in [-0.39, 0.29) is 24.6 Å². The van der Waals surface area contributed by atoms with E-state index in [0.717, 1.165) is 5.56 Å². The molecule has 1 aliphatic rings. The van der Waals surface area contributed by atoms with Crippen LogP contribution in [0.25, 0.3) is 5.57 Å². The zero-order chi connectivity index (χ0) is 33.8. The first kappa shape index (κ1) is 32.2. The number of nitro groups is 2. The number of aromatic amines is 1. The lowest BCUT2D eigenvalue weighted by Crippen LogP contribution is -2.13. The third-order valence-electron chi connectivity index (χ3n) is 7.80. The number of aliphatic imine (C=N–C) groups is 1. The van der Waals surface area contributed by atoms with Crippen molar-refractivity contribution in [3.63, 3.8) is 0 Å². The highest BCUT2D eigenvalue weighted by Crippen LogP contribution is 2.38. The molecular formula is C35H30N4O8. The molecule has 3 aromatic carbocycles. The maximum absolute atomic E-state index is 13.3. The molecule has 0 saturated carbocycles. The van der Waals surface area contributed by atoms with E-state index in [2.05, 4.69) is 4.98 Å². The summed E-state index contributed by atoms with van der Waals surface area (Å²) in [6.45, 7) is 6.92. The molecule has 0 radical (unpaired) electrons. The zero-order valence-electron chi connectivity index (χ0n) is 26.0. The second-order valence-electron chi connectivity index (χ2n) is 10.9. The third-order valence-corrected chi connectivity index (χ3v) is 7.80. The molecular weight excluding hydrogens is 604 g/mol. The van der Waals surface area contributed by atoms with Crippen LogP contribution in [0.15, 0.2) is 101 Å². The van der Waals surface area contributed by atoms with E-state index in [0.29, 0.717) is 61.8 Å². The third kappa shape index (κ3) is 6.76. The molecule has 2 heterocycles. The molecule has 12 heteroatoms. The van der Waals surface area contributed by atoms with Crippen LogP contribution in [0.2, 0.25) is 0 Å². The van der Waals surface area contributed by atoms with Gasteiger partial charge in [-0.2, -0.15) is 0 Å². The van der Waals surface area contributed by atoms with Gasteiger partial charge in [-0.25, -0.2) is 9.59 Å². The highest BCUT2D eigenvalue weighted by Gasteiger charge is 2.30. The number of nitrogens with zero attached hydrogens (tertiary/aromatic N) is 3. The van der Waals surface area contributed by atoms with Crippen molar-refractivity contribution in [2.75, 3.05) is 0 Å². The molecule has 1 N–H and O–H groups in total. The SMILES string of the molecule is CC1=N/C(=C(/c2ccccc2)c2[nH]c(C)c(C(=O)OCc3ccc([N+](=O)[O-])cc3)c2C)C(C)=C1C(=O)OCc1ccc([N+](=O)[O-])cc1. The monoisotopic (exact) mass is 634 g/mol. The number of aromatic nitrogens is 1. The number of benzene rings is 3. The van der Waals surface area contributed by atoms with E-state index in [9.17, 15) is 29.8 Å². The molecule has 0 bridgehead atoms. The minimum absolute atomic E-state index is 0.0569. The minimum Gasteiger partial charge on any atom is -0.457 e. The molecule has 0 atom stereocenters. The summed E-state index contributed by atoms with van der Waals surface area (Å²) in [6.07, 6.45) is 0. The van der Waals surface area contributed by atoms with Gasteiger partial charge in [0.2, 0.25) is 0 Å². The second-order valence-corrected chi connectivity index (χ2v) is 10.9. The number of hydrogen-bond acceptors (Lipinski definition) is 9. The molecule has 4 aromatic rings. The Morgan fingerprint density at radius 3 is 1.77 bits per heavy atom. The fraction of sp³-hybridized carbons (Fsp3) is 0.171. The number of nitrogens with one attached hydrogen (secondary N) is 1. The Kier molecular flexibility index (Phi) is 9.22. The molecule has 5 rings (SSSR count). The Hall–Kier alpha value is -6.17. The molecule has 0 unspecified atom stereocenters. The van der Waals surface area contributed by atoms with E-state index in [4.69, 9.17) is 14.5 Å². The molecule has 1 aliphatic heterocycles. The summed E-state index contributed by atoms with van der Waals surface area (Å²) in [5.41, 5.74) is 6.62. The van der Waals surface area contributed by atoms with Crippen molar-refractivity contribution in [3.05, 3.63) is 155 Å². The van der Waals surface area contributed by atoms with Crippen LogP contribution in [-0.4, -0.2) is 32.5 Å². The molecule has 0 aliphatic carbocycles. The smallest absolute Gasteiger partial charge is 0.340 e. The van der Waals surface area contributed by atoms with E-state index in [1.807, 2.05) is 30.3 Å². The van der Waals surface area contributed by atoms with Gasteiger partial charge in [0.25, 0.3) is 11.4 Å². The van der Waals surface area contributed by atoms with Crippen molar-refractivity contribution in [3.8, 4) is 0 Å². The van der Waals surface area contributed by atoms with E-state index < -0.39 is 21.8 Å². The number of allylic oxidation sites excluding steroid dienone is 1. The van der Waals surface area contributed by atoms with Gasteiger partial charge in [-0.15, -0.1) is 0 Å². The van der Waals surface area contributed by atoms with Gasteiger partial charge >= 0.3 is 11.9 Å². The quantitative estimate of drug-likeness (QED) is 0.109. The highest BCUT2D eigenvalue weighted by molar-refractivity contribution is 6.22. The maximum Gasteiger partial charge on any atom is 0.340 e. The van der Waals surface area contributed by atoms with Crippen LogP contribution < -0.4 is 0 Å². The van der Waals surface area contributed by atoms with Crippen molar-refractivity contribution in [2.24, 2.45) is 4.99 Å². The average Bonchev–Trinajstić information content (AvgIpc) is 3.52. The van der Waals surface area contributed by atoms with Gasteiger partial charge in [0.1, 0.15) is 13.2 Å². The van der Waals surface area contributed by atoms with Crippen molar-refractivity contribution in [2.45, 2.75) is 40.9 Å². The molecule has 1 aromatic heterocycles. The van der Waals surface area contributed by atoms with E-state index in [1.54, 1.807) is 27.7 Å². The van der Waals surface area contributed by atoms with Crippen LogP contribution >= 0.6 is 0 Å². The Morgan fingerprint density at radius 1 is 0.745 bits per heavy atom. The summed E-state index contributed by atoms with van der Waals surface area (Å²) in [5, 5.41) is 21.9. The standard InChI is InChI=1S/C35H30N4O8/c1-20-29(34(40)46-18-24-10-14-27(15-11-24)38(42)43)22(3)36-32(20)31(26-8-6-5-7-9-26)33-21(2)30(23(4)37-33)35(41)47-19-25-12-16-28(17-13-25)39(44)45/h5-17,36H,18-19H2,1-4H3/b33-31-. The Labute approximate surface area is 269 Å². The molecule has 0 spiro atoms. The number of H-pyrrole nitrogens is 1. The summed E-state index contributed by atoms with van der Waals surface area (Å²) in [6, 6.07) is 21.0. The molecule has 0 saturated heterocycles. The maximum atomic E-state index is 13.3. The van der Waals surface area contributed by atoms with Crippen LogP contribution in [0.3, 0.4) is 0 Å². The molecule has 12 nitrogen and oxygen atoms in total. The summed E-state index contributed by atoms with van der Waals surface area (Å²) >= 11 is 0. The lowest BCUT2D eigenvalue weighted by molar-refractivity contribution is -0.385. The fourth-order valence-corrected chi connectivity index (χ4v) is 5.42. The lowest BCUT2D eigenvalue weighted by Gasteiger charge is -2.13. The lowest BCUT2D eigenvalue weighted by atomic mass is 9.94. The second kappa shape index (κ2) is 13.4. The first-order valence-electron chi connectivity index (χ1n) is 14.5. The zero-order valence-corrected chi connectivity index (χ0v) is 26.0. The normalized spacial score (nSPS) is 13.7. The Morgan fingerprint density at radius 2 is 1.26 bits per heavy atom. The van der Waals surface area contributed by atoms with Crippen molar-refractivity contribution >= 4 is 34.6 Å². The number of non-ortho nitro benzene ring substituents is 2. The van der Waals surface area contributed by atoms with Gasteiger partial charge in [0, 0.05) is 35.5 Å². The number of ether oxygens (including phenoxy) is 2. The van der Waals surface area contributed by atoms with Crippen molar-refractivity contribution < 1.29 is 28.9 Å². The van der Waals surface area contributed by atoms with Gasteiger partial charge in [-0.05, 0) is 79.8 Å². The van der Waals surface area contributed by atoms with Gasteiger partial charge in [0.05, 0.1) is 38.1 Å². The number of nitro benzene ring substituents is 2. The number of rotatable bonds is 10. The summed E-state index contributed by atoms with van der Waals surface area (Å²) < 4.78 is 11.2. The molecule has 0 fully saturated rings. The number of carbonyl (C=O) groups excluding carboxylic acids is 2. The van der Waals surface area contributed by atoms with Crippen molar-refractivity contribution in [1.29, 1.82) is 0 Å². The first-order chi connectivity index (χ1) is 22.5. The van der Waals surface area contributed by atoms with Crippen LogP contribution in [0.1, 0.15) is 57.8 Å². The summed E-state index contributed by atoms with van der Waals surface area (Å²) in [5.74, 6) is -1.15. The number of hydrogen-bond donors (Lipinski definition) is 1. The minimum atomic E-state index is -0.584. The largest absolute Gasteiger partial charge is 0.457 e. The molecule has 238 valence electrons. The van der Waals surface area contributed by atoms with Gasteiger partial charge < -0.3 is 14.5 Å². The van der Waals surface area contributed by atoms with Crippen molar-refractivity contribution in [1.82, 2.24) is 4.98 Å². The fourth-order valence-electron chi connectivity index (χ4n) is 5.42. The van der Waals surface area contributed by atoms with Crippen LogP contribution in [0.4, 0.5) is 11.4 Å². The molecule has 0 amide bonds. The van der Waals surface area contributed by atoms with Gasteiger partial charge in [-0.3, -0.25) is 25.2 Å².